The second-order valence-corrected chi connectivity index (χ2v) is 8.49. The van der Waals surface area contributed by atoms with E-state index in [2.05, 4.69) is 26.3 Å². The van der Waals surface area contributed by atoms with Crippen LogP contribution in [0.4, 0.5) is 5.69 Å². The molecule has 0 bridgehead atoms. The van der Waals surface area contributed by atoms with Gasteiger partial charge in [-0.1, -0.05) is 40.5 Å². The Morgan fingerprint density at radius 1 is 1.03 bits per heavy atom. The Morgan fingerprint density at radius 2 is 1.81 bits per heavy atom. The number of para-hydroxylation sites is 2. The number of hydrogen-bond acceptors (Lipinski definition) is 6. The molecule has 4 rings (SSSR count). The van der Waals surface area contributed by atoms with Crippen LogP contribution in [0.2, 0.25) is 10.0 Å². The second kappa shape index (κ2) is 11.7. The summed E-state index contributed by atoms with van der Waals surface area (Å²) in [6, 6.07) is 19.4. The number of nitrogens with zero attached hydrogens (tertiary/aromatic N) is 3. The summed E-state index contributed by atoms with van der Waals surface area (Å²) in [5.41, 5.74) is 1.46. The Morgan fingerprint density at radius 3 is 2.56 bits per heavy atom. The van der Waals surface area contributed by atoms with Crippen molar-refractivity contribution in [3.8, 4) is 22.9 Å². The Kier molecular flexibility index (Phi) is 8.21. The number of nitrogens with one attached hydrogen (secondary N) is 3. The highest BCUT2D eigenvalue weighted by Crippen LogP contribution is 2.34. The van der Waals surface area contributed by atoms with Gasteiger partial charge in [-0.05, 0) is 66.8 Å². The summed E-state index contributed by atoms with van der Waals surface area (Å²) in [6.45, 7) is 0.0858. The van der Waals surface area contributed by atoms with E-state index in [-0.39, 0.29) is 12.4 Å². The minimum atomic E-state index is -0.430. The summed E-state index contributed by atoms with van der Waals surface area (Å²) in [5.74, 6) is 1.20. The molecular formula is C24H20Cl2N6O3S. The summed E-state index contributed by atoms with van der Waals surface area (Å²) >= 11 is 17.4. The van der Waals surface area contributed by atoms with E-state index in [0.717, 1.165) is 11.4 Å². The van der Waals surface area contributed by atoms with Gasteiger partial charge < -0.3 is 25.4 Å². The molecule has 0 aliphatic rings. The first-order valence-electron chi connectivity index (χ1n) is 10.5. The fourth-order valence-corrected chi connectivity index (χ4v) is 3.68. The van der Waals surface area contributed by atoms with E-state index >= 15 is 0 Å². The zero-order valence-corrected chi connectivity index (χ0v) is 21.2. The van der Waals surface area contributed by atoms with Crippen LogP contribution in [0.5, 0.6) is 17.2 Å². The number of rotatable bonds is 8. The molecule has 0 saturated carbocycles. The molecule has 184 valence electrons. The Balaban J connectivity index is 1.35. The zero-order valence-electron chi connectivity index (χ0n) is 18.9. The Hall–Kier alpha value is -3.86. The minimum Gasteiger partial charge on any atom is -0.497 e. The van der Waals surface area contributed by atoms with Gasteiger partial charge >= 0.3 is 0 Å². The molecule has 36 heavy (non-hydrogen) atoms. The monoisotopic (exact) mass is 542 g/mol. The normalized spacial score (nSPS) is 10.4. The van der Waals surface area contributed by atoms with Crippen molar-refractivity contribution in [3.05, 3.63) is 88.7 Å². The Labute approximate surface area is 222 Å². The molecule has 0 aliphatic heterocycles. The first-order valence-corrected chi connectivity index (χ1v) is 11.7. The molecule has 1 aromatic heterocycles. The average molecular weight is 543 g/mol. The fraction of sp³-hybridized carbons (Fsp3) is 0.0833. The van der Waals surface area contributed by atoms with Crippen molar-refractivity contribution in [1.82, 2.24) is 25.6 Å². The number of ether oxygens (including phenoxy) is 2. The molecule has 3 aromatic carbocycles. The molecule has 12 heteroatoms. The highest BCUT2D eigenvalue weighted by atomic mass is 35.5. The third kappa shape index (κ3) is 6.42. The van der Waals surface area contributed by atoms with Gasteiger partial charge in [0.2, 0.25) is 0 Å². The standard InChI is InChI=1S/C24H20Cl2N6O3S/c1-34-17-9-7-16(8-10-17)29-24(36)28-14-27-23(33)19-13-32(31-30-19)20-4-2-3-5-22(20)35-21-11-6-15(25)12-18(21)26/h2-13H,14H2,1H3,(H,27,33)(H2,28,29,36). The number of methoxy groups -OCH3 is 1. The summed E-state index contributed by atoms with van der Waals surface area (Å²) in [6.07, 6.45) is 1.49. The van der Waals surface area contributed by atoms with E-state index in [1.54, 1.807) is 37.4 Å². The molecule has 9 nitrogen and oxygen atoms in total. The molecular weight excluding hydrogens is 523 g/mol. The third-order valence-corrected chi connectivity index (χ3v) is 5.57. The van der Waals surface area contributed by atoms with E-state index in [4.69, 9.17) is 44.9 Å². The van der Waals surface area contributed by atoms with Crippen LogP contribution in [0.25, 0.3) is 5.69 Å². The maximum atomic E-state index is 12.5. The van der Waals surface area contributed by atoms with E-state index in [9.17, 15) is 4.79 Å². The molecule has 4 aromatic rings. The molecule has 1 heterocycles. The van der Waals surface area contributed by atoms with Gasteiger partial charge in [0.05, 0.1) is 25.0 Å². The lowest BCUT2D eigenvalue weighted by atomic mass is 10.3. The SMILES string of the molecule is COc1ccc(NC(=S)NCNC(=O)c2cn(-c3ccccc3Oc3ccc(Cl)cc3Cl)nn2)cc1. The number of carbonyl (C=O) groups is 1. The van der Waals surface area contributed by atoms with Crippen molar-refractivity contribution >= 4 is 52.1 Å². The first-order chi connectivity index (χ1) is 17.4. The maximum absolute atomic E-state index is 12.5. The summed E-state index contributed by atoms with van der Waals surface area (Å²) in [4.78, 5) is 12.5. The van der Waals surface area contributed by atoms with Gasteiger partial charge in [0.1, 0.15) is 17.2 Å². The van der Waals surface area contributed by atoms with Gasteiger partial charge in [-0.3, -0.25) is 4.79 Å². The van der Waals surface area contributed by atoms with Gasteiger partial charge in [-0.2, -0.15) is 0 Å². The molecule has 0 aliphatic carbocycles. The van der Waals surface area contributed by atoms with E-state index < -0.39 is 5.91 Å². The fourth-order valence-electron chi connectivity index (χ4n) is 3.04. The smallest absolute Gasteiger partial charge is 0.274 e. The largest absolute Gasteiger partial charge is 0.497 e. The average Bonchev–Trinajstić information content (AvgIpc) is 3.37. The lowest BCUT2D eigenvalue weighted by Crippen LogP contribution is -2.39. The van der Waals surface area contributed by atoms with Gasteiger partial charge in [0.15, 0.2) is 16.6 Å². The zero-order chi connectivity index (χ0) is 25.5. The Bertz CT molecular complexity index is 1380. The molecule has 1 amide bonds. The van der Waals surface area contributed by atoms with Crippen LogP contribution in [0.15, 0.2) is 72.9 Å². The summed E-state index contributed by atoms with van der Waals surface area (Å²) in [7, 11) is 1.60. The van der Waals surface area contributed by atoms with Crippen molar-refractivity contribution in [2.45, 2.75) is 0 Å². The highest BCUT2D eigenvalue weighted by Gasteiger charge is 2.15. The molecule has 3 N–H and O–H groups in total. The van der Waals surface area contributed by atoms with Crippen molar-refractivity contribution in [2.24, 2.45) is 0 Å². The predicted molar refractivity (Wildman–Crippen MR) is 143 cm³/mol. The molecule has 0 fully saturated rings. The van der Waals surface area contributed by atoms with Crippen molar-refractivity contribution in [3.63, 3.8) is 0 Å². The molecule has 0 unspecified atom stereocenters. The van der Waals surface area contributed by atoms with Crippen LogP contribution in [0.1, 0.15) is 10.5 Å². The maximum Gasteiger partial charge on any atom is 0.274 e. The number of anilines is 1. The number of benzene rings is 3. The number of carbonyl (C=O) groups excluding carboxylic acids is 1. The van der Waals surface area contributed by atoms with Crippen LogP contribution in [0, 0.1) is 0 Å². The lowest BCUT2D eigenvalue weighted by Gasteiger charge is -2.12. The van der Waals surface area contributed by atoms with Crippen molar-refractivity contribution in [1.29, 1.82) is 0 Å². The summed E-state index contributed by atoms with van der Waals surface area (Å²) < 4.78 is 12.5. The number of halogens is 2. The first kappa shape index (κ1) is 25.2. The van der Waals surface area contributed by atoms with Gasteiger partial charge in [0.25, 0.3) is 5.91 Å². The van der Waals surface area contributed by atoms with Gasteiger partial charge in [-0.15, -0.1) is 5.10 Å². The van der Waals surface area contributed by atoms with Crippen LogP contribution >= 0.6 is 35.4 Å². The second-order valence-electron chi connectivity index (χ2n) is 7.23. The highest BCUT2D eigenvalue weighted by molar-refractivity contribution is 7.80. The van der Waals surface area contributed by atoms with Crippen LogP contribution in [-0.4, -0.2) is 39.8 Å². The van der Waals surface area contributed by atoms with Crippen LogP contribution in [-0.2, 0) is 0 Å². The van der Waals surface area contributed by atoms with Crippen molar-refractivity contribution < 1.29 is 14.3 Å². The molecule has 0 spiro atoms. The molecule has 0 atom stereocenters. The van der Waals surface area contributed by atoms with Crippen LogP contribution < -0.4 is 25.4 Å². The lowest BCUT2D eigenvalue weighted by molar-refractivity contribution is 0.0948. The van der Waals surface area contributed by atoms with E-state index in [0.29, 0.717) is 32.3 Å². The predicted octanol–water partition coefficient (Wildman–Crippen LogP) is 5.05. The van der Waals surface area contributed by atoms with E-state index in [1.165, 1.54) is 10.9 Å². The van der Waals surface area contributed by atoms with Crippen LogP contribution in [0.3, 0.4) is 0 Å². The van der Waals surface area contributed by atoms with Crippen molar-refractivity contribution in [2.75, 3.05) is 19.1 Å². The van der Waals surface area contributed by atoms with Gasteiger partial charge in [-0.25, -0.2) is 4.68 Å². The number of thiocarbonyl (C=S) groups is 1. The number of aromatic nitrogens is 3. The molecule has 0 saturated heterocycles. The number of amides is 1. The quantitative estimate of drug-likeness (QED) is 0.210. The third-order valence-electron chi connectivity index (χ3n) is 4.80. The summed E-state index contributed by atoms with van der Waals surface area (Å²) in [5, 5.41) is 17.8. The van der Waals surface area contributed by atoms with Gasteiger partial charge in [0, 0.05) is 10.7 Å². The van der Waals surface area contributed by atoms with E-state index in [1.807, 2.05) is 36.4 Å². The topological polar surface area (TPSA) is 102 Å². The molecule has 0 radical (unpaired) electrons. The number of hydrogen-bond donors (Lipinski definition) is 3. The minimum absolute atomic E-state index is 0.0858.